The molecule has 4 nitrogen and oxygen atoms in total. The summed E-state index contributed by atoms with van der Waals surface area (Å²) in [6.45, 7) is 12.5. The van der Waals surface area contributed by atoms with Gasteiger partial charge in [-0.25, -0.2) is 4.98 Å². The number of aromatic nitrogens is 2. The second-order valence-electron chi connectivity index (χ2n) is 5.51. The van der Waals surface area contributed by atoms with Gasteiger partial charge in [0.1, 0.15) is 5.82 Å². The van der Waals surface area contributed by atoms with Crippen LogP contribution in [0.3, 0.4) is 0 Å². The van der Waals surface area contributed by atoms with Gasteiger partial charge in [0.15, 0.2) is 0 Å². The number of likely N-dealkylation sites (N-methyl/N-ethyl adjacent to an activating group) is 1. The monoisotopic (exact) mass is 253 g/mol. The molecule has 0 fully saturated rings. The fourth-order valence-corrected chi connectivity index (χ4v) is 2.09. The van der Waals surface area contributed by atoms with Crippen LogP contribution in [0.1, 0.15) is 46.4 Å². The predicted molar refractivity (Wildman–Crippen MR) is 74.9 cm³/mol. The highest BCUT2D eigenvalue weighted by Gasteiger charge is 2.29. The second-order valence-corrected chi connectivity index (χ2v) is 5.51. The molecule has 1 atom stereocenters. The topological polar surface area (TPSA) is 39.1 Å². The first-order valence-corrected chi connectivity index (χ1v) is 6.72. The van der Waals surface area contributed by atoms with Gasteiger partial charge in [-0.3, -0.25) is 0 Å². The van der Waals surface area contributed by atoms with Crippen molar-refractivity contribution in [3.05, 3.63) is 18.2 Å². The van der Waals surface area contributed by atoms with E-state index >= 15 is 0 Å². The highest BCUT2D eigenvalue weighted by molar-refractivity contribution is 4.99. The van der Waals surface area contributed by atoms with Crippen LogP contribution < -0.4 is 5.32 Å². The first kappa shape index (κ1) is 15.2. The maximum absolute atomic E-state index is 5.61. The van der Waals surface area contributed by atoms with Crippen LogP contribution in [0.15, 0.2) is 12.4 Å². The van der Waals surface area contributed by atoms with Crippen molar-refractivity contribution in [3.63, 3.8) is 0 Å². The summed E-state index contributed by atoms with van der Waals surface area (Å²) in [6, 6.07) is 0.263. The van der Waals surface area contributed by atoms with Crippen molar-refractivity contribution >= 4 is 0 Å². The zero-order chi connectivity index (χ0) is 13.8. The summed E-state index contributed by atoms with van der Waals surface area (Å²) in [5.74, 6) is 1.57. The molecule has 0 spiro atoms. The third-order valence-corrected chi connectivity index (χ3v) is 3.46. The van der Waals surface area contributed by atoms with Crippen LogP contribution >= 0.6 is 0 Å². The number of rotatable bonds is 7. The number of ether oxygens (including phenoxy) is 1. The van der Waals surface area contributed by atoms with Gasteiger partial charge in [0, 0.05) is 32.0 Å². The number of nitrogens with one attached hydrogen (secondary N) is 1. The Hall–Kier alpha value is -0.870. The molecule has 1 rings (SSSR count). The van der Waals surface area contributed by atoms with E-state index in [1.54, 1.807) is 7.11 Å². The average Bonchev–Trinajstić information content (AvgIpc) is 2.76. The van der Waals surface area contributed by atoms with E-state index in [-0.39, 0.29) is 11.6 Å². The van der Waals surface area contributed by atoms with E-state index in [2.05, 4.69) is 49.5 Å². The SMILES string of the molecule is CCNC(Cn1ccnc1C(C)C)C(C)(C)OC. The van der Waals surface area contributed by atoms with Crippen LogP contribution in [0.25, 0.3) is 0 Å². The first-order valence-electron chi connectivity index (χ1n) is 6.72. The highest BCUT2D eigenvalue weighted by atomic mass is 16.5. The van der Waals surface area contributed by atoms with Gasteiger partial charge < -0.3 is 14.6 Å². The number of hydrogen-bond acceptors (Lipinski definition) is 3. The van der Waals surface area contributed by atoms with Crippen LogP contribution in [0, 0.1) is 0 Å². The molecule has 0 bridgehead atoms. The molecule has 18 heavy (non-hydrogen) atoms. The summed E-state index contributed by atoms with van der Waals surface area (Å²) in [5, 5.41) is 3.50. The van der Waals surface area contributed by atoms with Crippen molar-refractivity contribution in [1.29, 1.82) is 0 Å². The lowest BCUT2D eigenvalue weighted by atomic mass is 9.98. The number of nitrogens with zero attached hydrogens (tertiary/aromatic N) is 2. The summed E-state index contributed by atoms with van der Waals surface area (Å²) >= 11 is 0. The summed E-state index contributed by atoms with van der Waals surface area (Å²) in [5.41, 5.74) is -0.200. The zero-order valence-electron chi connectivity index (χ0n) is 12.5. The van der Waals surface area contributed by atoms with Crippen molar-refractivity contribution in [3.8, 4) is 0 Å². The van der Waals surface area contributed by atoms with Crippen molar-refractivity contribution in [2.75, 3.05) is 13.7 Å². The van der Waals surface area contributed by atoms with Gasteiger partial charge in [-0.05, 0) is 20.4 Å². The fraction of sp³-hybridized carbons (Fsp3) is 0.786. The van der Waals surface area contributed by atoms with Gasteiger partial charge in [0.25, 0.3) is 0 Å². The maximum atomic E-state index is 5.61. The molecule has 0 amide bonds. The quantitative estimate of drug-likeness (QED) is 0.811. The molecule has 0 aliphatic carbocycles. The Kier molecular flexibility index (Phi) is 5.35. The number of hydrogen-bond donors (Lipinski definition) is 1. The standard InChI is InChI=1S/C14H27N3O/c1-7-15-12(14(4,5)18-6)10-17-9-8-16-13(17)11(2)3/h8-9,11-12,15H,7,10H2,1-6H3. The Morgan fingerprint density at radius 1 is 1.44 bits per heavy atom. The van der Waals surface area contributed by atoms with E-state index in [1.165, 1.54) is 0 Å². The second kappa shape index (κ2) is 6.34. The molecule has 1 N–H and O–H groups in total. The van der Waals surface area contributed by atoms with Crippen LogP contribution in [0.2, 0.25) is 0 Å². The van der Waals surface area contributed by atoms with Crippen molar-refractivity contribution in [2.45, 2.75) is 58.7 Å². The molecular weight excluding hydrogens is 226 g/mol. The molecule has 1 aromatic rings. The lowest BCUT2D eigenvalue weighted by molar-refractivity contribution is -0.0147. The smallest absolute Gasteiger partial charge is 0.111 e. The Balaban J connectivity index is 2.86. The van der Waals surface area contributed by atoms with Crippen LogP contribution in [0.5, 0.6) is 0 Å². The van der Waals surface area contributed by atoms with E-state index in [9.17, 15) is 0 Å². The molecule has 0 radical (unpaired) electrons. The molecular formula is C14H27N3O. The van der Waals surface area contributed by atoms with Gasteiger partial charge in [-0.1, -0.05) is 20.8 Å². The summed E-state index contributed by atoms with van der Waals surface area (Å²) in [7, 11) is 1.77. The maximum Gasteiger partial charge on any atom is 0.111 e. The number of imidazole rings is 1. The van der Waals surface area contributed by atoms with E-state index < -0.39 is 0 Å². The van der Waals surface area contributed by atoms with Crippen molar-refractivity contribution in [2.24, 2.45) is 0 Å². The molecule has 4 heteroatoms. The van der Waals surface area contributed by atoms with E-state index in [1.807, 2.05) is 12.4 Å². The van der Waals surface area contributed by atoms with Gasteiger partial charge in [-0.15, -0.1) is 0 Å². The minimum absolute atomic E-state index is 0.200. The van der Waals surface area contributed by atoms with Crippen molar-refractivity contribution < 1.29 is 4.74 Å². The Morgan fingerprint density at radius 2 is 2.11 bits per heavy atom. The minimum atomic E-state index is -0.200. The first-order chi connectivity index (χ1) is 8.42. The third kappa shape index (κ3) is 3.56. The van der Waals surface area contributed by atoms with Crippen LogP contribution in [0.4, 0.5) is 0 Å². The largest absolute Gasteiger partial charge is 0.377 e. The zero-order valence-corrected chi connectivity index (χ0v) is 12.5. The molecule has 0 aromatic carbocycles. The minimum Gasteiger partial charge on any atom is -0.377 e. The van der Waals surface area contributed by atoms with Gasteiger partial charge in [0.05, 0.1) is 11.6 Å². The Bertz CT molecular complexity index is 358. The van der Waals surface area contributed by atoms with Crippen LogP contribution in [-0.2, 0) is 11.3 Å². The molecule has 0 saturated heterocycles. The lowest BCUT2D eigenvalue weighted by Gasteiger charge is -2.34. The van der Waals surface area contributed by atoms with Crippen LogP contribution in [-0.4, -0.2) is 34.8 Å². The van der Waals surface area contributed by atoms with Gasteiger partial charge in [0.2, 0.25) is 0 Å². The lowest BCUT2D eigenvalue weighted by Crippen LogP contribution is -2.50. The summed E-state index contributed by atoms with van der Waals surface area (Å²) < 4.78 is 7.83. The normalized spacial score (nSPS) is 14.2. The molecule has 1 unspecified atom stereocenters. The fourth-order valence-electron chi connectivity index (χ4n) is 2.09. The Morgan fingerprint density at radius 3 is 2.61 bits per heavy atom. The van der Waals surface area contributed by atoms with Crippen molar-refractivity contribution in [1.82, 2.24) is 14.9 Å². The third-order valence-electron chi connectivity index (χ3n) is 3.46. The van der Waals surface area contributed by atoms with Gasteiger partial charge >= 0.3 is 0 Å². The predicted octanol–water partition coefficient (Wildman–Crippen LogP) is 2.41. The van der Waals surface area contributed by atoms with Gasteiger partial charge in [-0.2, -0.15) is 0 Å². The summed E-state index contributed by atoms with van der Waals surface area (Å²) in [6.07, 6.45) is 3.92. The summed E-state index contributed by atoms with van der Waals surface area (Å²) in [4.78, 5) is 4.43. The highest BCUT2D eigenvalue weighted by Crippen LogP contribution is 2.18. The molecule has 1 heterocycles. The van der Waals surface area contributed by atoms with E-state index in [4.69, 9.17) is 4.74 Å². The Labute approximate surface area is 111 Å². The molecule has 0 aliphatic heterocycles. The molecule has 0 aliphatic rings. The molecule has 104 valence electrons. The number of methoxy groups -OCH3 is 1. The molecule has 0 saturated carbocycles. The average molecular weight is 253 g/mol. The van der Waals surface area contributed by atoms with E-state index in [0.717, 1.165) is 18.9 Å². The van der Waals surface area contributed by atoms with E-state index in [0.29, 0.717) is 5.92 Å². The molecule has 1 aromatic heterocycles.